The fraction of sp³-hybridized carbons (Fsp3) is 0.481. The van der Waals surface area contributed by atoms with Gasteiger partial charge in [-0.15, -0.1) is 0 Å². The molecule has 2 aromatic carbocycles. The van der Waals surface area contributed by atoms with E-state index in [4.69, 9.17) is 0 Å². The molecule has 1 N–H and O–H groups in total. The molecule has 0 saturated heterocycles. The Bertz CT molecular complexity index is 951. The van der Waals surface area contributed by atoms with Crippen molar-refractivity contribution in [1.82, 2.24) is 15.1 Å². The largest absolute Gasteiger partial charge is 0.355 e. The van der Waals surface area contributed by atoms with Crippen LogP contribution in [0, 0.1) is 0 Å². The average molecular weight is 434 g/mol. The fourth-order valence-corrected chi connectivity index (χ4v) is 5.35. The molecule has 0 aromatic heterocycles. The molecule has 4 rings (SSSR count). The van der Waals surface area contributed by atoms with Crippen LogP contribution < -0.4 is 5.32 Å². The molecule has 5 nitrogen and oxygen atoms in total. The van der Waals surface area contributed by atoms with Crippen LogP contribution in [0.25, 0.3) is 0 Å². The Morgan fingerprint density at radius 2 is 1.69 bits per heavy atom. The van der Waals surface area contributed by atoms with Crippen molar-refractivity contribution in [2.24, 2.45) is 0 Å². The maximum Gasteiger partial charge on any atom is 0.254 e. The molecule has 2 atom stereocenters. The molecule has 2 unspecified atom stereocenters. The van der Waals surface area contributed by atoms with Gasteiger partial charge in [-0.3, -0.25) is 9.59 Å². The lowest BCUT2D eigenvalue weighted by Gasteiger charge is -2.45. The topological polar surface area (TPSA) is 52.7 Å². The highest BCUT2D eigenvalue weighted by Gasteiger charge is 2.45. The van der Waals surface area contributed by atoms with Crippen LogP contribution in [0.3, 0.4) is 0 Å². The maximum absolute atomic E-state index is 13.6. The van der Waals surface area contributed by atoms with Gasteiger partial charge in [0.25, 0.3) is 5.91 Å². The predicted octanol–water partition coefficient (Wildman–Crippen LogP) is 4.15. The normalized spacial score (nSPS) is 19.3. The number of carbonyl (C=O) groups is 2. The van der Waals surface area contributed by atoms with Crippen molar-refractivity contribution in [3.63, 3.8) is 0 Å². The van der Waals surface area contributed by atoms with Crippen LogP contribution in [-0.2, 0) is 11.2 Å². The zero-order chi connectivity index (χ0) is 22.5. The minimum atomic E-state index is -0.382. The first-order valence-corrected chi connectivity index (χ1v) is 12.1. The van der Waals surface area contributed by atoms with E-state index in [9.17, 15) is 9.59 Å². The van der Waals surface area contributed by atoms with Crippen LogP contribution in [0.15, 0.2) is 48.5 Å². The quantitative estimate of drug-likeness (QED) is 0.605. The summed E-state index contributed by atoms with van der Waals surface area (Å²) in [7, 11) is 0. The number of carbonyl (C=O) groups excluding carboxylic acids is 2. The van der Waals surface area contributed by atoms with Crippen molar-refractivity contribution in [3.05, 3.63) is 70.8 Å². The van der Waals surface area contributed by atoms with Crippen LogP contribution in [0.5, 0.6) is 0 Å². The number of amides is 2. The second-order valence-corrected chi connectivity index (χ2v) is 8.94. The van der Waals surface area contributed by atoms with Gasteiger partial charge >= 0.3 is 0 Å². The molecule has 0 radical (unpaired) electrons. The molecule has 32 heavy (non-hydrogen) atoms. The molecule has 0 spiro atoms. The van der Waals surface area contributed by atoms with Gasteiger partial charge in [0, 0.05) is 18.7 Å². The van der Waals surface area contributed by atoms with Gasteiger partial charge in [0.15, 0.2) is 0 Å². The third kappa shape index (κ3) is 4.44. The van der Waals surface area contributed by atoms with Gasteiger partial charge in [0.05, 0.1) is 12.0 Å². The summed E-state index contributed by atoms with van der Waals surface area (Å²) in [4.78, 5) is 31.2. The van der Waals surface area contributed by atoms with E-state index in [-0.39, 0.29) is 23.8 Å². The SMILES string of the molecule is CCCN(CCC)CCCNC(=O)C1c2ccccc2C(=O)N2CCc3ccccc3C12. The van der Waals surface area contributed by atoms with Crippen molar-refractivity contribution in [2.45, 2.75) is 51.5 Å². The van der Waals surface area contributed by atoms with E-state index in [1.165, 1.54) is 5.56 Å². The number of benzene rings is 2. The third-order valence-electron chi connectivity index (χ3n) is 6.75. The Balaban J connectivity index is 1.55. The van der Waals surface area contributed by atoms with E-state index >= 15 is 0 Å². The number of nitrogens with one attached hydrogen (secondary N) is 1. The van der Waals surface area contributed by atoms with Crippen molar-refractivity contribution >= 4 is 11.8 Å². The van der Waals surface area contributed by atoms with Gasteiger partial charge in [-0.1, -0.05) is 56.3 Å². The Labute approximate surface area is 191 Å². The highest BCUT2D eigenvalue weighted by Crippen LogP contribution is 2.45. The van der Waals surface area contributed by atoms with E-state index in [1.54, 1.807) is 0 Å². The van der Waals surface area contributed by atoms with Crippen molar-refractivity contribution in [2.75, 3.05) is 32.7 Å². The predicted molar refractivity (Wildman–Crippen MR) is 128 cm³/mol. The number of hydrogen-bond acceptors (Lipinski definition) is 3. The maximum atomic E-state index is 13.6. The first-order valence-electron chi connectivity index (χ1n) is 12.1. The Hall–Kier alpha value is -2.66. The van der Waals surface area contributed by atoms with E-state index in [0.29, 0.717) is 18.7 Å². The summed E-state index contributed by atoms with van der Waals surface area (Å²) in [5.74, 6) is -0.319. The molecular weight excluding hydrogens is 398 g/mol. The monoisotopic (exact) mass is 433 g/mol. The number of fused-ring (bicyclic) bond motifs is 4. The lowest BCUT2D eigenvalue weighted by molar-refractivity contribution is -0.124. The third-order valence-corrected chi connectivity index (χ3v) is 6.75. The van der Waals surface area contributed by atoms with Crippen LogP contribution in [0.1, 0.15) is 72.1 Å². The summed E-state index contributed by atoms with van der Waals surface area (Å²) in [5.41, 5.74) is 3.87. The molecule has 2 aromatic rings. The molecule has 2 aliphatic heterocycles. The van der Waals surface area contributed by atoms with E-state index in [2.05, 4.69) is 36.2 Å². The van der Waals surface area contributed by atoms with Gasteiger partial charge in [0.2, 0.25) is 5.91 Å². The molecule has 5 heteroatoms. The summed E-state index contributed by atoms with van der Waals surface area (Å²) in [6.45, 7) is 8.94. The van der Waals surface area contributed by atoms with Crippen LogP contribution in [0.4, 0.5) is 0 Å². The summed E-state index contributed by atoms with van der Waals surface area (Å²) in [5, 5.41) is 3.21. The van der Waals surface area contributed by atoms with E-state index in [1.807, 2.05) is 41.3 Å². The molecule has 2 aliphatic rings. The summed E-state index contributed by atoms with van der Waals surface area (Å²) in [6.07, 6.45) is 4.07. The van der Waals surface area contributed by atoms with Gasteiger partial charge < -0.3 is 15.1 Å². The van der Waals surface area contributed by atoms with E-state index in [0.717, 1.165) is 56.4 Å². The second-order valence-electron chi connectivity index (χ2n) is 8.94. The number of rotatable bonds is 9. The fourth-order valence-electron chi connectivity index (χ4n) is 5.35. The molecule has 0 bridgehead atoms. The summed E-state index contributed by atoms with van der Waals surface area (Å²) < 4.78 is 0. The van der Waals surface area contributed by atoms with Crippen molar-refractivity contribution in [3.8, 4) is 0 Å². The van der Waals surface area contributed by atoms with Gasteiger partial charge in [-0.05, 0) is 68.1 Å². The zero-order valence-corrected chi connectivity index (χ0v) is 19.3. The van der Waals surface area contributed by atoms with E-state index < -0.39 is 0 Å². The average Bonchev–Trinajstić information content (AvgIpc) is 2.82. The van der Waals surface area contributed by atoms with Crippen LogP contribution in [-0.4, -0.2) is 54.3 Å². The second kappa shape index (κ2) is 10.3. The van der Waals surface area contributed by atoms with Crippen LogP contribution in [0.2, 0.25) is 0 Å². The summed E-state index contributed by atoms with van der Waals surface area (Å²) in [6, 6.07) is 15.7. The Morgan fingerprint density at radius 3 is 2.44 bits per heavy atom. The minimum Gasteiger partial charge on any atom is -0.355 e. The lowest BCUT2D eigenvalue weighted by Crippen LogP contribution is -2.50. The minimum absolute atomic E-state index is 0.0224. The number of nitrogens with zero attached hydrogens (tertiary/aromatic N) is 2. The molecular formula is C27H35N3O2. The standard InChI is InChI=1S/C27H35N3O2/c1-3-16-29(17-4-2)18-9-15-28-26(31)24-22-12-7-8-13-23(22)27(32)30-19-14-20-10-5-6-11-21(20)25(24)30/h5-8,10-13,24-25H,3-4,9,14-19H2,1-2H3,(H,28,31). The van der Waals surface area contributed by atoms with Crippen molar-refractivity contribution in [1.29, 1.82) is 0 Å². The summed E-state index contributed by atoms with van der Waals surface area (Å²) >= 11 is 0. The Morgan fingerprint density at radius 1 is 1.00 bits per heavy atom. The van der Waals surface area contributed by atoms with Gasteiger partial charge in [-0.25, -0.2) is 0 Å². The van der Waals surface area contributed by atoms with Gasteiger partial charge in [-0.2, -0.15) is 0 Å². The van der Waals surface area contributed by atoms with Crippen LogP contribution >= 0.6 is 0 Å². The van der Waals surface area contributed by atoms with Crippen molar-refractivity contribution < 1.29 is 9.59 Å². The number of hydrogen-bond donors (Lipinski definition) is 1. The first-order chi connectivity index (χ1) is 15.7. The molecule has 2 heterocycles. The highest BCUT2D eigenvalue weighted by molar-refractivity contribution is 6.01. The molecule has 0 aliphatic carbocycles. The zero-order valence-electron chi connectivity index (χ0n) is 19.3. The smallest absolute Gasteiger partial charge is 0.254 e. The molecule has 0 fully saturated rings. The van der Waals surface area contributed by atoms with Gasteiger partial charge in [0.1, 0.15) is 0 Å². The highest BCUT2D eigenvalue weighted by atomic mass is 16.2. The molecule has 170 valence electrons. The molecule has 2 amide bonds. The lowest BCUT2D eigenvalue weighted by atomic mass is 9.76. The Kier molecular flexibility index (Phi) is 7.26. The first kappa shape index (κ1) is 22.5. The molecule has 0 saturated carbocycles.